The minimum Gasteiger partial charge on any atom is -0.451 e. The second-order valence-electron chi connectivity index (χ2n) is 5.10. The van der Waals surface area contributed by atoms with Gasteiger partial charge in [-0.3, -0.25) is 0 Å². The minimum absolute atomic E-state index is 0.617. The lowest BCUT2D eigenvalue weighted by Gasteiger charge is -2.01. The van der Waals surface area contributed by atoms with E-state index >= 15 is 0 Å². The summed E-state index contributed by atoms with van der Waals surface area (Å²) in [5, 5.41) is 1.70. The Hall–Kier alpha value is -2.30. The standard InChI is InChI=1S/C21H22O2S2/c1-5-7-9-11-17(4)23-21-15-13-19(25-21)18-12-14-20(24-18)22-16(3)10-8-6-2/h5-15H,4H2,1-3H3. The maximum atomic E-state index is 5.82. The fraction of sp³-hybridized carbons (Fsp3) is 0.143. The Kier molecular flexibility index (Phi) is 7.51. The van der Waals surface area contributed by atoms with Crippen molar-refractivity contribution < 1.29 is 9.47 Å². The molecule has 0 bridgehead atoms. The number of rotatable bonds is 8. The Labute approximate surface area is 157 Å². The molecule has 0 spiro atoms. The first kappa shape index (κ1) is 19.0. The summed E-state index contributed by atoms with van der Waals surface area (Å²) >= 11 is 3.21. The molecule has 0 atom stereocenters. The fourth-order valence-electron chi connectivity index (χ4n) is 1.88. The van der Waals surface area contributed by atoms with Crippen LogP contribution in [0.15, 0.2) is 84.9 Å². The Balaban J connectivity index is 2.01. The van der Waals surface area contributed by atoms with Crippen molar-refractivity contribution in [3.63, 3.8) is 0 Å². The van der Waals surface area contributed by atoms with Crippen LogP contribution in [0.25, 0.3) is 9.75 Å². The van der Waals surface area contributed by atoms with Gasteiger partial charge in [0.2, 0.25) is 0 Å². The van der Waals surface area contributed by atoms with E-state index < -0.39 is 0 Å². The summed E-state index contributed by atoms with van der Waals surface area (Å²) in [6.07, 6.45) is 13.5. The number of allylic oxidation sites excluding steroid dienone is 8. The molecule has 0 fully saturated rings. The van der Waals surface area contributed by atoms with E-state index in [4.69, 9.17) is 9.47 Å². The molecule has 0 unspecified atom stereocenters. The molecule has 4 heteroatoms. The average molecular weight is 371 g/mol. The van der Waals surface area contributed by atoms with Crippen LogP contribution in [0, 0.1) is 0 Å². The van der Waals surface area contributed by atoms with Crippen molar-refractivity contribution in [3.05, 3.63) is 84.9 Å². The van der Waals surface area contributed by atoms with Gasteiger partial charge in [0.15, 0.2) is 10.1 Å². The Bertz CT molecular complexity index is 817. The summed E-state index contributed by atoms with van der Waals surface area (Å²) in [5.41, 5.74) is 0. The topological polar surface area (TPSA) is 18.5 Å². The van der Waals surface area contributed by atoms with Crippen molar-refractivity contribution in [2.24, 2.45) is 0 Å². The van der Waals surface area contributed by atoms with Crippen LogP contribution in [0.2, 0.25) is 0 Å². The summed E-state index contributed by atoms with van der Waals surface area (Å²) in [6, 6.07) is 8.08. The predicted molar refractivity (Wildman–Crippen MR) is 111 cm³/mol. The lowest BCUT2D eigenvalue weighted by Crippen LogP contribution is -1.86. The van der Waals surface area contributed by atoms with Gasteiger partial charge in [-0.15, -0.1) is 0 Å². The maximum Gasteiger partial charge on any atom is 0.181 e. The third kappa shape index (κ3) is 6.25. The second kappa shape index (κ2) is 9.87. The Morgan fingerprint density at radius 3 is 2.08 bits per heavy atom. The van der Waals surface area contributed by atoms with Gasteiger partial charge >= 0.3 is 0 Å². The highest BCUT2D eigenvalue weighted by Crippen LogP contribution is 2.40. The second-order valence-corrected chi connectivity index (χ2v) is 7.19. The van der Waals surface area contributed by atoms with Crippen LogP contribution < -0.4 is 9.47 Å². The molecule has 2 aromatic heterocycles. The monoisotopic (exact) mass is 370 g/mol. The van der Waals surface area contributed by atoms with E-state index in [9.17, 15) is 0 Å². The van der Waals surface area contributed by atoms with Gasteiger partial charge in [-0.25, -0.2) is 0 Å². The van der Waals surface area contributed by atoms with E-state index in [0.717, 1.165) is 25.6 Å². The van der Waals surface area contributed by atoms with Crippen LogP contribution in [0.4, 0.5) is 0 Å². The first-order valence-electron chi connectivity index (χ1n) is 7.96. The van der Waals surface area contributed by atoms with Gasteiger partial charge in [-0.1, -0.05) is 59.6 Å². The largest absolute Gasteiger partial charge is 0.451 e. The van der Waals surface area contributed by atoms with Gasteiger partial charge in [0.1, 0.15) is 11.5 Å². The molecule has 0 radical (unpaired) electrons. The summed E-state index contributed by atoms with van der Waals surface area (Å²) in [4.78, 5) is 2.30. The zero-order chi connectivity index (χ0) is 18.1. The zero-order valence-electron chi connectivity index (χ0n) is 14.7. The molecule has 0 N–H and O–H groups in total. The highest BCUT2D eigenvalue weighted by molar-refractivity contribution is 7.23. The quantitative estimate of drug-likeness (QED) is 0.357. The zero-order valence-corrected chi connectivity index (χ0v) is 16.3. The molecule has 0 saturated carbocycles. The van der Waals surface area contributed by atoms with Crippen molar-refractivity contribution in [1.82, 2.24) is 0 Å². The smallest absolute Gasteiger partial charge is 0.181 e. The predicted octanol–water partition coefficient (Wildman–Crippen LogP) is 7.36. The van der Waals surface area contributed by atoms with Crippen LogP contribution in [-0.4, -0.2) is 0 Å². The molecule has 0 aliphatic rings. The number of hydrogen-bond donors (Lipinski definition) is 0. The van der Waals surface area contributed by atoms with Gasteiger partial charge in [-0.2, -0.15) is 0 Å². The molecule has 2 aromatic rings. The number of ether oxygens (including phenoxy) is 2. The first-order valence-corrected chi connectivity index (χ1v) is 9.59. The minimum atomic E-state index is 0.617. The molecule has 25 heavy (non-hydrogen) atoms. The molecule has 0 aromatic carbocycles. The van der Waals surface area contributed by atoms with E-state index in [1.54, 1.807) is 22.7 Å². The van der Waals surface area contributed by atoms with Crippen LogP contribution in [0.1, 0.15) is 20.8 Å². The molecular formula is C21H22O2S2. The van der Waals surface area contributed by atoms with Crippen molar-refractivity contribution in [2.75, 3.05) is 0 Å². The fourth-order valence-corrected chi connectivity index (χ4v) is 3.76. The van der Waals surface area contributed by atoms with Gasteiger partial charge in [0.05, 0.1) is 0 Å². The van der Waals surface area contributed by atoms with Crippen LogP contribution in [0.3, 0.4) is 0 Å². The van der Waals surface area contributed by atoms with Crippen molar-refractivity contribution >= 4 is 22.7 Å². The van der Waals surface area contributed by atoms with Crippen LogP contribution in [0.5, 0.6) is 10.1 Å². The summed E-state index contributed by atoms with van der Waals surface area (Å²) in [5.74, 6) is 1.48. The highest BCUT2D eigenvalue weighted by Gasteiger charge is 2.08. The molecule has 0 amide bonds. The van der Waals surface area contributed by atoms with Gasteiger partial charge < -0.3 is 9.47 Å². The van der Waals surface area contributed by atoms with Gasteiger partial charge in [-0.05, 0) is 57.2 Å². The van der Waals surface area contributed by atoms with Gasteiger partial charge in [0.25, 0.3) is 0 Å². The molecule has 130 valence electrons. The molecular weight excluding hydrogens is 348 g/mol. The molecule has 2 heterocycles. The molecule has 0 saturated heterocycles. The Morgan fingerprint density at radius 1 is 0.880 bits per heavy atom. The van der Waals surface area contributed by atoms with E-state index in [1.165, 1.54) is 0 Å². The van der Waals surface area contributed by atoms with Crippen LogP contribution >= 0.6 is 22.7 Å². The molecule has 2 nitrogen and oxygen atoms in total. The van der Waals surface area contributed by atoms with E-state index in [1.807, 2.05) is 75.4 Å². The number of thiophene rings is 2. The number of hydrogen-bond acceptors (Lipinski definition) is 4. The molecule has 0 aliphatic heterocycles. The normalized spacial score (nSPS) is 12.5. The summed E-state index contributed by atoms with van der Waals surface area (Å²) < 4.78 is 11.6. The maximum absolute atomic E-state index is 5.82. The van der Waals surface area contributed by atoms with Crippen LogP contribution in [-0.2, 0) is 0 Å². The lowest BCUT2D eigenvalue weighted by atomic mass is 10.4. The highest BCUT2D eigenvalue weighted by atomic mass is 32.1. The Morgan fingerprint density at radius 2 is 1.48 bits per heavy atom. The molecule has 0 aliphatic carbocycles. The lowest BCUT2D eigenvalue weighted by molar-refractivity contribution is 0.440. The van der Waals surface area contributed by atoms with Crippen molar-refractivity contribution in [2.45, 2.75) is 20.8 Å². The molecule has 2 rings (SSSR count). The third-order valence-electron chi connectivity index (χ3n) is 3.01. The SMILES string of the molecule is C=C(C=CC=CC)Oc1ccc(-c2ccc(OC(C)=CC=CC)s2)s1. The van der Waals surface area contributed by atoms with E-state index in [-0.39, 0.29) is 0 Å². The van der Waals surface area contributed by atoms with E-state index in [2.05, 4.69) is 18.7 Å². The van der Waals surface area contributed by atoms with Crippen molar-refractivity contribution in [1.29, 1.82) is 0 Å². The first-order chi connectivity index (χ1) is 12.1. The average Bonchev–Trinajstić information content (AvgIpc) is 3.22. The van der Waals surface area contributed by atoms with Gasteiger partial charge in [0, 0.05) is 9.75 Å². The third-order valence-corrected chi connectivity index (χ3v) is 5.13. The van der Waals surface area contributed by atoms with Crippen molar-refractivity contribution in [3.8, 4) is 19.9 Å². The van der Waals surface area contributed by atoms with E-state index in [0.29, 0.717) is 5.76 Å². The summed E-state index contributed by atoms with van der Waals surface area (Å²) in [7, 11) is 0. The summed E-state index contributed by atoms with van der Waals surface area (Å²) in [6.45, 7) is 9.80.